The largest absolute Gasteiger partial charge is 0.320 e. The second-order valence-electron chi connectivity index (χ2n) is 4.08. The Balaban J connectivity index is 1.84. The monoisotopic (exact) mass is 281 g/mol. The van der Waals surface area contributed by atoms with E-state index in [4.69, 9.17) is 0 Å². The van der Waals surface area contributed by atoms with Crippen LogP contribution in [0.15, 0.2) is 24.5 Å². The minimum absolute atomic E-state index is 0.105. The maximum Gasteiger partial charge on any atom is 0.238 e. The highest BCUT2D eigenvalue weighted by atomic mass is 19.1. The Morgan fingerprint density at radius 3 is 2.65 bits per heavy atom. The number of carbonyl (C=O) groups excluding carboxylic acids is 1. The SMILES string of the molecule is Cn1cnc(CNCC(=O)Nc2c(F)cccc2F)n1. The van der Waals surface area contributed by atoms with Gasteiger partial charge in [-0.3, -0.25) is 9.48 Å². The van der Waals surface area contributed by atoms with Crippen LogP contribution in [0, 0.1) is 11.6 Å². The van der Waals surface area contributed by atoms with Gasteiger partial charge in [0.05, 0.1) is 13.1 Å². The molecule has 1 aromatic heterocycles. The lowest BCUT2D eigenvalue weighted by Crippen LogP contribution is -2.28. The fourth-order valence-corrected chi connectivity index (χ4v) is 1.55. The smallest absolute Gasteiger partial charge is 0.238 e. The van der Waals surface area contributed by atoms with Crippen molar-refractivity contribution in [3.8, 4) is 0 Å². The molecule has 0 unspecified atom stereocenters. The lowest BCUT2D eigenvalue weighted by Gasteiger charge is -2.07. The fraction of sp³-hybridized carbons (Fsp3) is 0.250. The number of rotatable bonds is 5. The minimum atomic E-state index is -0.815. The third kappa shape index (κ3) is 3.58. The van der Waals surface area contributed by atoms with Crippen molar-refractivity contribution in [2.45, 2.75) is 6.54 Å². The highest BCUT2D eigenvalue weighted by Gasteiger charge is 2.11. The number of nitrogens with one attached hydrogen (secondary N) is 2. The van der Waals surface area contributed by atoms with Gasteiger partial charge in [0.15, 0.2) is 5.82 Å². The summed E-state index contributed by atoms with van der Waals surface area (Å²) in [4.78, 5) is 15.5. The molecule has 6 nitrogen and oxygen atoms in total. The van der Waals surface area contributed by atoms with Crippen LogP contribution in [0.5, 0.6) is 0 Å². The van der Waals surface area contributed by atoms with Crippen LogP contribution in [-0.2, 0) is 18.4 Å². The fourth-order valence-electron chi connectivity index (χ4n) is 1.55. The molecule has 0 fully saturated rings. The summed E-state index contributed by atoms with van der Waals surface area (Å²) >= 11 is 0. The Bertz CT molecular complexity index is 593. The maximum absolute atomic E-state index is 13.3. The molecular weight excluding hydrogens is 268 g/mol. The molecule has 1 aromatic carbocycles. The van der Waals surface area contributed by atoms with Crippen LogP contribution in [0.1, 0.15) is 5.82 Å². The van der Waals surface area contributed by atoms with Crippen LogP contribution < -0.4 is 10.6 Å². The zero-order valence-corrected chi connectivity index (χ0v) is 10.7. The Morgan fingerprint density at radius 2 is 2.05 bits per heavy atom. The van der Waals surface area contributed by atoms with Crippen molar-refractivity contribution in [3.05, 3.63) is 42.0 Å². The molecule has 0 aliphatic heterocycles. The van der Waals surface area contributed by atoms with Crippen molar-refractivity contribution >= 4 is 11.6 Å². The first kappa shape index (κ1) is 14.1. The lowest BCUT2D eigenvalue weighted by atomic mass is 10.3. The Labute approximate surface area is 113 Å². The average Bonchev–Trinajstić information content (AvgIpc) is 2.80. The normalized spacial score (nSPS) is 10.6. The number of aryl methyl sites for hydroxylation is 1. The zero-order chi connectivity index (χ0) is 14.5. The van der Waals surface area contributed by atoms with Crippen molar-refractivity contribution in [1.29, 1.82) is 0 Å². The predicted molar refractivity (Wildman–Crippen MR) is 67.7 cm³/mol. The van der Waals surface area contributed by atoms with Crippen molar-refractivity contribution in [3.63, 3.8) is 0 Å². The summed E-state index contributed by atoms with van der Waals surface area (Å²) in [5, 5.41) is 8.96. The second kappa shape index (κ2) is 6.20. The van der Waals surface area contributed by atoms with Gasteiger partial charge >= 0.3 is 0 Å². The number of benzene rings is 1. The quantitative estimate of drug-likeness (QED) is 0.851. The van der Waals surface area contributed by atoms with Gasteiger partial charge in [-0.25, -0.2) is 13.8 Å². The lowest BCUT2D eigenvalue weighted by molar-refractivity contribution is -0.115. The zero-order valence-electron chi connectivity index (χ0n) is 10.7. The van der Waals surface area contributed by atoms with Gasteiger partial charge < -0.3 is 10.6 Å². The molecule has 0 aliphatic rings. The Kier molecular flexibility index (Phi) is 4.36. The van der Waals surface area contributed by atoms with Gasteiger partial charge in [-0.1, -0.05) is 6.07 Å². The third-order valence-electron chi connectivity index (χ3n) is 2.44. The summed E-state index contributed by atoms with van der Waals surface area (Å²) in [5.74, 6) is -1.66. The minimum Gasteiger partial charge on any atom is -0.320 e. The molecule has 1 amide bonds. The molecule has 0 bridgehead atoms. The number of amides is 1. The van der Waals surface area contributed by atoms with Gasteiger partial charge in [0.2, 0.25) is 5.91 Å². The molecule has 0 atom stereocenters. The highest BCUT2D eigenvalue weighted by molar-refractivity contribution is 5.92. The van der Waals surface area contributed by atoms with Crippen LogP contribution >= 0.6 is 0 Å². The van der Waals surface area contributed by atoms with E-state index in [1.165, 1.54) is 17.1 Å². The maximum atomic E-state index is 13.3. The Morgan fingerprint density at radius 1 is 1.35 bits per heavy atom. The van der Waals surface area contributed by atoms with Gasteiger partial charge in [0.1, 0.15) is 23.6 Å². The van der Waals surface area contributed by atoms with E-state index in [-0.39, 0.29) is 13.1 Å². The van der Waals surface area contributed by atoms with Gasteiger partial charge in [-0.05, 0) is 12.1 Å². The van der Waals surface area contributed by atoms with Crippen LogP contribution in [0.4, 0.5) is 14.5 Å². The van der Waals surface area contributed by atoms with E-state index in [0.717, 1.165) is 12.1 Å². The first-order valence-corrected chi connectivity index (χ1v) is 5.85. The summed E-state index contributed by atoms with van der Waals surface area (Å²) in [5.41, 5.74) is -0.449. The molecule has 0 radical (unpaired) electrons. The molecule has 0 saturated carbocycles. The molecule has 0 saturated heterocycles. The number of hydrogen-bond acceptors (Lipinski definition) is 4. The predicted octanol–water partition coefficient (Wildman–Crippen LogP) is 0.822. The van der Waals surface area contributed by atoms with Gasteiger partial charge in [-0.2, -0.15) is 5.10 Å². The number of anilines is 1. The third-order valence-corrected chi connectivity index (χ3v) is 2.44. The highest BCUT2D eigenvalue weighted by Crippen LogP contribution is 2.17. The average molecular weight is 281 g/mol. The number of aromatic nitrogens is 3. The number of carbonyl (C=O) groups is 1. The van der Waals surface area contributed by atoms with Gasteiger partial charge in [0.25, 0.3) is 0 Å². The van der Waals surface area contributed by atoms with E-state index in [0.29, 0.717) is 5.82 Å². The first-order chi connectivity index (χ1) is 9.56. The van der Waals surface area contributed by atoms with Crippen LogP contribution in [0.2, 0.25) is 0 Å². The van der Waals surface area contributed by atoms with E-state index in [2.05, 4.69) is 20.7 Å². The van der Waals surface area contributed by atoms with Gasteiger partial charge in [-0.15, -0.1) is 0 Å². The second-order valence-corrected chi connectivity index (χ2v) is 4.08. The standard InChI is InChI=1S/C12H13F2N5O/c1-19-7-16-10(18-19)5-15-6-11(20)17-12-8(13)3-2-4-9(12)14/h2-4,7,15H,5-6H2,1H3,(H,17,20). The van der Waals surface area contributed by atoms with Crippen molar-refractivity contribution < 1.29 is 13.6 Å². The van der Waals surface area contributed by atoms with E-state index in [1.54, 1.807) is 7.05 Å². The molecule has 8 heteroatoms. The van der Waals surface area contributed by atoms with Gasteiger partial charge in [0, 0.05) is 7.05 Å². The van der Waals surface area contributed by atoms with E-state index in [1.807, 2.05) is 0 Å². The van der Waals surface area contributed by atoms with E-state index < -0.39 is 23.2 Å². The first-order valence-electron chi connectivity index (χ1n) is 5.85. The Hall–Kier alpha value is -2.35. The summed E-state index contributed by atoms with van der Waals surface area (Å²) < 4.78 is 28.1. The molecule has 0 aliphatic carbocycles. The molecule has 2 aromatic rings. The molecule has 2 rings (SSSR count). The topological polar surface area (TPSA) is 71.8 Å². The van der Waals surface area contributed by atoms with Crippen molar-refractivity contribution in [2.75, 3.05) is 11.9 Å². The number of nitrogens with zero attached hydrogens (tertiary/aromatic N) is 3. The van der Waals surface area contributed by atoms with Crippen molar-refractivity contribution in [1.82, 2.24) is 20.1 Å². The number of para-hydroxylation sites is 1. The van der Waals surface area contributed by atoms with Crippen LogP contribution in [0.3, 0.4) is 0 Å². The summed E-state index contributed by atoms with van der Waals surface area (Å²) in [6, 6.07) is 3.37. The summed E-state index contributed by atoms with van der Waals surface area (Å²) in [6.07, 6.45) is 1.53. The summed E-state index contributed by atoms with van der Waals surface area (Å²) in [7, 11) is 1.73. The van der Waals surface area contributed by atoms with Crippen LogP contribution in [-0.4, -0.2) is 27.2 Å². The molecule has 106 valence electrons. The van der Waals surface area contributed by atoms with E-state index in [9.17, 15) is 13.6 Å². The summed E-state index contributed by atoms with van der Waals surface area (Å²) in [6.45, 7) is 0.181. The molecular formula is C12H13F2N5O. The molecule has 0 spiro atoms. The number of halogens is 2. The molecule has 2 N–H and O–H groups in total. The van der Waals surface area contributed by atoms with E-state index >= 15 is 0 Å². The molecule has 20 heavy (non-hydrogen) atoms. The number of hydrogen-bond donors (Lipinski definition) is 2. The van der Waals surface area contributed by atoms with Crippen molar-refractivity contribution in [2.24, 2.45) is 7.05 Å². The van der Waals surface area contributed by atoms with Crippen LogP contribution in [0.25, 0.3) is 0 Å². The molecule has 1 heterocycles.